The van der Waals surface area contributed by atoms with Gasteiger partial charge in [0.05, 0.1) is 6.04 Å². The number of hydrogen-bond acceptors (Lipinski definition) is 4. The van der Waals surface area contributed by atoms with Crippen molar-refractivity contribution in [1.82, 2.24) is 9.80 Å². The van der Waals surface area contributed by atoms with Crippen molar-refractivity contribution in [2.24, 2.45) is 0 Å². The zero-order valence-corrected chi connectivity index (χ0v) is 15.5. The monoisotopic (exact) mass is 378 g/mol. The van der Waals surface area contributed by atoms with Gasteiger partial charge in [-0.15, -0.1) is 0 Å². The second kappa shape index (κ2) is 7.84. The van der Waals surface area contributed by atoms with Crippen molar-refractivity contribution in [1.29, 1.82) is 0 Å². The quantitative estimate of drug-likeness (QED) is 0.802. The van der Waals surface area contributed by atoms with E-state index in [0.717, 1.165) is 11.1 Å². The highest BCUT2D eigenvalue weighted by atomic mass is 16.6. The number of carbonyl (C=O) groups excluding carboxylic acids is 3. The summed E-state index contributed by atoms with van der Waals surface area (Å²) >= 11 is 0. The Morgan fingerprint density at radius 2 is 1.61 bits per heavy atom. The van der Waals surface area contributed by atoms with Crippen LogP contribution in [0.15, 0.2) is 60.7 Å². The van der Waals surface area contributed by atoms with Crippen LogP contribution in [0.2, 0.25) is 0 Å². The lowest BCUT2D eigenvalue weighted by Gasteiger charge is -2.23. The molecule has 0 radical (unpaired) electrons. The van der Waals surface area contributed by atoms with Gasteiger partial charge in [0.1, 0.15) is 0 Å². The molecule has 1 atom stereocenters. The number of likely N-dealkylation sites (tertiary alicyclic amines) is 1. The SMILES string of the molecule is O=C(CC(c1ccccc1)c1ccccc1)N1CCC(N2C(=O)COC2=O)C1. The van der Waals surface area contributed by atoms with Crippen molar-refractivity contribution in [3.8, 4) is 0 Å². The fourth-order valence-electron chi connectivity index (χ4n) is 4.00. The van der Waals surface area contributed by atoms with Gasteiger partial charge in [0.15, 0.2) is 6.61 Å². The highest BCUT2D eigenvalue weighted by molar-refractivity contribution is 5.98. The Bertz CT molecular complexity index is 813. The normalized spacial score (nSPS) is 19.4. The molecular formula is C22H22N2O4. The molecular weight excluding hydrogens is 356 g/mol. The number of benzene rings is 2. The highest BCUT2D eigenvalue weighted by Crippen LogP contribution is 2.30. The molecule has 6 nitrogen and oxygen atoms in total. The summed E-state index contributed by atoms with van der Waals surface area (Å²) in [5, 5.41) is 0. The fourth-order valence-corrected chi connectivity index (χ4v) is 4.00. The van der Waals surface area contributed by atoms with Crippen molar-refractivity contribution in [2.45, 2.75) is 24.8 Å². The molecule has 0 aliphatic carbocycles. The van der Waals surface area contributed by atoms with Crippen LogP contribution in [0.1, 0.15) is 29.9 Å². The van der Waals surface area contributed by atoms with E-state index in [0.29, 0.717) is 25.9 Å². The topological polar surface area (TPSA) is 66.9 Å². The highest BCUT2D eigenvalue weighted by Gasteiger charge is 2.41. The minimum atomic E-state index is -0.601. The molecule has 2 heterocycles. The minimum absolute atomic E-state index is 0.0280. The van der Waals surface area contributed by atoms with E-state index in [9.17, 15) is 14.4 Å². The molecule has 0 spiro atoms. The van der Waals surface area contributed by atoms with Crippen molar-refractivity contribution in [3.63, 3.8) is 0 Å². The molecule has 2 aromatic carbocycles. The first kappa shape index (κ1) is 18.2. The van der Waals surface area contributed by atoms with E-state index in [1.54, 1.807) is 4.90 Å². The van der Waals surface area contributed by atoms with Gasteiger partial charge in [0, 0.05) is 25.4 Å². The molecule has 144 valence electrons. The molecule has 0 aromatic heterocycles. The first-order valence-electron chi connectivity index (χ1n) is 9.50. The van der Waals surface area contributed by atoms with Crippen molar-refractivity contribution >= 4 is 17.9 Å². The van der Waals surface area contributed by atoms with Crippen LogP contribution in [0.25, 0.3) is 0 Å². The largest absolute Gasteiger partial charge is 0.439 e. The van der Waals surface area contributed by atoms with E-state index in [2.05, 4.69) is 0 Å². The number of ether oxygens (including phenoxy) is 1. The number of nitrogens with zero attached hydrogens (tertiary/aromatic N) is 2. The van der Waals surface area contributed by atoms with Crippen LogP contribution in [0.5, 0.6) is 0 Å². The van der Waals surface area contributed by atoms with Gasteiger partial charge in [0.25, 0.3) is 5.91 Å². The molecule has 3 amide bonds. The predicted molar refractivity (Wildman–Crippen MR) is 103 cm³/mol. The summed E-state index contributed by atoms with van der Waals surface area (Å²) in [7, 11) is 0. The Hall–Kier alpha value is -3.15. The predicted octanol–water partition coefficient (Wildman–Crippen LogP) is 2.79. The van der Waals surface area contributed by atoms with Crippen LogP contribution in [0.3, 0.4) is 0 Å². The maximum atomic E-state index is 13.0. The average Bonchev–Trinajstić information content (AvgIpc) is 3.33. The first-order valence-corrected chi connectivity index (χ1v) is 9.50. The maximum absolute atomic E-state index is 13.0. The van der Waals surface area contributed by atoms with Gasteiger partial charge in [-0.05, 0) is 17.5 Å². The summed E-state index contributed by atoms with van der Waals surface area (Å²) in [6.07, 6.45) is 0.336. The minimum Gasteiger partial charge on any atom is -0.439 e. The van der Waals surface area contributed by atoms with Gasteiger partial charge in [-0.3, -0.25) is 9.59 Å². The fraction of sp³-hybridized carbons (Fsp3) is 0.318. The maximum Gasteiger partial charge on any atom is 0.417 e. The van der Waals surface area contributed by atoms with E-state index >= 15 is 0 Å². The third-order valence-electron chi connectivity index (χ3n) is 5.45. The summed E-state index contributed by atoms with van der Waals surface area (Å²) in [5.74, 6) is -0.330. The lowest BCUT2D eigenvalue weighted by atomic mass is 9.88. The standard InChI is InChI=1S/C22H22N2O4/c25-20(23-12-11-18(14-23)24-21(26)15-28-22(24)27)13-19(16-7-3-1-4-8-16)17-9-5-2-6-10-17/h1-10,18-19H,11-15H2. The number of carbonyl (C=O) groups is 3. The second-order valence-electron chi connectivity index (χ2n) is 7.18. The molecule has 2 aliphatic heterocycles. The Morgan fingerprint density at radius 3 is 2.14 bits per heavy atom. The summed E-state index contributed by atoms with van der Waals surface area (Å²) in [4.78, 5) is 39.6. The zero-order chi connectivity index (χ0) is 19.5. The number of cyclic esters (lactones) is 1. The molecule has 2 aliphatic rings. The number of rotatable bonds is 5. The Labute approximate surface area is 163 Å². The molecule has 1 unspecified atom stereocenters. The third-order valence-corrected chi connectivity index (χ3v) is 5.45. The molecule has 2 aromatic rings. The van der Waals surface area contributed by atoms with Gasteiger partial charge in [-0.1, -0.05) is 60.7 Å². The van der Waals surface area contributed by atoms with Crippen LogP contribution in [-0.4, -0.2) is 53.4 Å². The Balaban J connectivity index is 1.48. The van der Waals surface area contributed by atoms with E-state index in [1.165, 1.54) is 4.90 Å². The van der Waals surface area contributed by atoms with Crippen LogP contribution >= 0.6 is 0 Å². The number of hydrogen-bond donors (Lipinski definition) is 0. The van der Waals surface area contributed by atoms with Gasteiger partial charge in [-0.25, -0.2) is 9.69 Å². The van der Waals surface area contributed by atoms with Gasteiger partial charge in [-0.2, -0.15) is 0 Å². The molecule has 0 saturated carbocycles. The molecule has 4 rings (SSSR count). The van der Waals surface area contributed by atoms with Crippen molar-refractivity contribution in [2.75, 3.05) is 19.7 Å². The van der Waals surface area contributed by atoms with E-state index in [-0.39, 0.29) is 30.4 Å². The van der Waals surface area contributed by atoms with E-state index in [4.69, 9.17) is 4.74 Å². The lowest BCUT2D eigenvalue weighted by Crippen LogP contribution is -2.42. The molecule has 2 saturated heterocycles. The van der Waals surface area contributed by atoms with E-state index in [1.807, 2.05) is 60.7 Å². The van der Waals surface area contributed by atoms with Crippen LogP contribution in [0, 0.1) is 0 Å². The molecule has 0 N–H and O–H groups in total. The second-order valence-corrected chi connectivity index (χ2v) is 7.18. The van der Waals surface area contributed by atoms with Crippen LogP contribution in [0.4, 0.5) is 4.79 Å². The Kier molecular flexibility index (Phi) is 5.10. The lowest BCUT2D eigenvalue weighted by molar-refractivity contribution is -0.131. The number of imide groups is 1. The van der Waals surface area contributed by atoms with Crippen LogP contribution in [-0.2, 0) is 14.3 Å². The van der Waals surface area contributed by atoms with Gasteiger partial charge < -0.3 is 9.64 Å². The smallest absolute Gasteiger partial charge is 0.417 e. The van der Waals surface area contributed by atoms with Crippen molar-refractivity contribution < 1.29 is 19.1 Å². The molecule has 6 heteroatoms. The zero-order valence-electron chi connectivity index (χ0n) is 15.5. The molecule has 0 bridgehead atoms. The van der Waals surface area contributed by atoms with Gasteiger partial charge in [0.2, 0.25) is 5.91 Å². The summed E-state index contributed by atoms with van der Waals surface area (Å²) in [6, 6.07) is 19.7. The Morgan fingerprint density at radius 1 is 1.00 bits per heavy atom. The van der Waals surface area contributed by atoms with E-state index < -0.39 is 6.09 Å². The average molecular weight is 378 g/mol. The first-order chi connectivity index (χ1) is 13.6. The van der Waals surface area contributed by atoms with Gasteiger partial charge >= 0.3 is 6.09 Å². The summed E-state index contributed by atoms with van der Waals surface area (Å²) in [5.41, 5.74) is 2.19. The summed E-state index contributed by atoms with van der Waals surface area (Å²) < 4.78 is 4.80. The third kappa shape index (κ3) is 3.63. The summed E-state index contributed by atoms with van der Waals surface area (Å²) in [6.45, 7) is 0.709. The van der Waals surface area contributed by atoms with Crippen LogP contribution < -0.4 is 0 Å². The molecule has 2 fully saturated rings. The molecule has 28 heavy (non-hydrogen) atoms. The number of amides is 3. The van der Waals surface area contributed by atoms with Crippen molar-refractivity contribution in [3.05, 3.63) is 71.8 Å².